The van der Waals surface area contributed by atoms with E-state index >= 15 is 0 Å². The van der Waals surface area contributed by atoms with Gasteiger partial charge in [-0.2, -0.15) is 5.10 Å². The maximum atomic E-state index is 12.9. The molecule has 0 aliphatic carbocycles. The van der Waals surface area contributed by atoms with Crippen molar-refractivity contribution < 1.29 is 4.79 Å². The number of aryl methyl sites for hydroxylation is 1. The van der Waals surface area contributed by atoms with Gasteiger partial charge in [0.1, 0.15) is 0 Å². The third-order valence-corrected chi connectivity index (χ3v) is 5.49. The zero-order valence-corrected chi connectivity index (χ0v) is 14.9. The second-order valence-electron chi connectivity index (χ2n) is 6.95. The Hall–Kier alpha value is -2.34. The normalized spacial score (nSPS) is 17.5. The summed E-state index contributed by atoms with van der Waals surface area (Å²) in [5.41, 5.74) is 6.68. The van der Waals surface area contributed by atoms with Crippen molar-refractivity contribution >= 4 is 11.6 Å². The Morgan fingerprint density at radius 2 is 1.96 bits per heavy atom. The molecule has 2 aliphatic rings. The molecule has 0 spiro atoms. The van der Waals surface area contributed by atoms with E-state index < -0.39 is 0 Å². The Kier molecular flexibility index (Phi) is 4.21. The molecule has 1 aromatic carbocycles. The van der Waals surface area contributed by atoms with Crippen molar-refractivity contribution in [1.29, 1.82) is 0 Å². The molecule has 6 heteroatoms. The first-order chi connectivity index (χ1) is 12.1. The van der Waals surface area contributed by atoms with Crippen molar-refractivity contribution in [3.8, 4) is 0 Å². The Labute approximate surface area is 148 Å². The number of nitrogens with one attached hydrogen (secondary N) is 2. The first-order valence-electron chi connectivity index (χ1n) is 9.02. The van der Waals surface area contributed by atoms with Crippen LogP contribution in [0.25, 0.3) is 0 Å². The number of piperazine rings is 1. The molecule has 1 amide bonds. The molecule has 0 saturated carbocycles. The number of aromatic amines is 1. The summed E-state index contributed by atoms with van der Waals surface area (Å²) in [5, 5.41) is 10.7. The summed E-state index contributed by atoms with van der Waals surface area (Å²) in [6.45, 7) is 9.19. The molecule has 132 valence electrons. The Morgan fingerprint density at radius 1 is 1.16 bits per heavy atom. The van der Waals surface area contributed by atoms with Gasteiger partial charge in [0.15, 0.2) is 5.69 Å². The lowest BCUT2D eigenvalue weighted by Gasteiger charge is -2.37. The lowest BCUT2D eigenvalue weighted by Crippen LogP contribution is -2.49. The van der Waals surface area contributed by atoms with Gasteiger partial charge in [0.2, 0.25) is 0 Å². The highest BCUT2D eigenvalue weighted by Crippen LogP contribution is 2.24. The molecule has 0 unspecified atom stereocenters. The maximum Gasteiger partial charge on any atom is 0.274 e. The molecule has 2 aromatic rings. The highest BCUT2D eigenvalue weighted by Gasteiger charge is 2.28. The summed E-state index contributed by atoms with van der Waals surface area (Å²) in [6, 6.07) is 6.43. The molecule has 6 nitrogen and oxygen atoms in total. The number of rotatable bonds is 2. The number of anilines is 1. The summed E-state index contributed by atoms with van der Waals surface area (Å²) in [7, 11) is 0. The molecule has 0 bridgehead atoms. The SMILES string of the molecule is Cc1cccc(N2CCN(C(=O)c3n[nH]c4c3CNCC4)CC2)c1C. The number of amides is 1. The van der Waals surface area contributed by atoms with Crippen LogP contribution in [0.5, 0.6) is 0 Å². The predicted molar refractivity (Wildman–Crippen MR) is 98.0 cm³/mol. The Bertz CT molecular complexity index is 789. The van der Waals surface area contributed by atoms with E-state index in [1.54, 1.807) is 0 Å². The van der Waals surface area contributed by atoms with Crippen molar-refractivity contribution in [3.63, 3.8) is 0 Å². The number of H-pyrrole nitrogens is 1. The molecule has 25 heavy (non-hydrogen) atoms. The van der Waals surface area contributed by atoms with Crippen LogP contribution in [0.15, 0.2) is 18.2 Å². The molecule has 3 heterocycles. The van der Waals surface area contributed by atoms with Gasteiger partial charge in [-0.3, -0.25) is 9.89 Å². The fourth-order valence-corrected chi connectivity index (χ4v) is 3.78. The highest BCUT2D eigenvalue weighted by molar-refractivity contribution is 5.94. The second-order valence-corrected chi connectivity index (χ2v) is 6.95. The minimum absolute atomic E-state index is 0.0572. The number of benzene rings is 1. The smallest absolute Gasteiger partial charge is 0.274 e. The first kappa shape index (κ1) is 16.1. The van der Waals surface area contributed by atoms with Crippen molar-refractivity contribution in [2.24, 2.45) is 0 Å². The minimum atomic E-state index is 0.0572. The molecule has 2 aliphatic heterocycles. The lowest BCUT2D eigenvalue weighted by atomic mass is 10.1. The number of hydrogen-bond donors (Lipinski definition) is 2. The number of carbonyl (C=O) groups is 1. The van der Waals surface area contributed by atoms with Crippen molar-refractivity contribution in [2.45, 2.75) is 26.8 Å². The van der Waals surface area contributed by atoms with Crippen LogP contribution in [-0.2, 0) is 13.0 Å². The predicted octanol–water partition coefficient (Wildman–Crippen LogP) is 1.63. The molecular formula is C19H25N5O. The summed E-state index contributed by atoms with van der Waals surface area (Å²) in [6.07, 6.45) is 0.913. The average molecular weight is 339 g/mol. The number of hydrogen-bond acceptors (Lipinski definition) is 4. The van der Waals surface area contributed by atoms with Crippen LogP contribution in [0.1, 0.15) is 32.9 Å². The molecule has 2 N–H and O–H groups in total. The highest BCUT2D eigenvalue weighted by atomic mass is 16.2. The lowest BCUT2D eigenvalue weighted by molar-refractivity contribution is 0.0739. The molecule has 0 radical (unpaired) electrons. The topological polar surface area (TPSA) is 64.3 Å². The number of carbonyl (C=O) groups excluding carboxylic acids is 1. The molecule has 1 aromatic heterocycles. The van der Waals surface area contributed by atoms with Crippen LogP contribution in [0.2, 0.25) is 0 Å². The molecule has 4 rings (SSSR count). The van der Waals surface area contributed by atoms with Crippen molar-refractivity contribution in [2.75, 3.05) is 37.6 Å². The zero-order chi connectivity index (χ0) is 17.4. The van der Waals surface area contributed by atoms with Gasteiger partial charge in [0, 0.05) is 62.6 Å². The maximum absolute atomic E-state index is 12.9. The number of aromatic nitrogens is 2. The van der Waals surface area contributed by atoms with Gasteiger partial charge in [0.05, 0.1) is 0 Å². The van der Waals surface area contributed by atoms with Gasteiger partial charge in [-0.05, 0) is 31.0 Å². The first-order valence-corrected chi connectivity index (χ1v) is 9.02. The van der Waals surface area contributed by atoms with Crippen molar-refractivity contribution in [1.82, 2.24) is 20.4 Å². The van der Waals surface area contributed by atoms with Gasteiger partial charge >= 0.3 is 0 Å². The van der Waals surface area contributed by atoms with Gasteiger partial charge in [-0.1, -0.05) is 12.1 Å². The van der Waals surface area contributed by atoms with Crippen LogP contribution in [-0.4, -0.2) is 53.7 Å². The molecule has 1 fully saturated rings. The van der Waals surface area contributed by atoms with E-state index in [-0.39, 0.29) is 5.91 Å². The van der Waals surface area contributed by atoms with E-state index in [0.29, 0.717) is 5.69 Å². The summed E-state index contributed by atoms with van der Waals surface area (Å²) in [5.74, 6) is 0.0572. The largest absolute Gasteiger partial charge is 0.368 e. The second kappa shape index (κ2) is 6.52. The van der Waals surface area contributed by atoms with E-state index in [9.17, 15) is 4.79 Å². The third kappa shape index (κ3) is 2.91. The van der Waals surface area contributed by atoms with E-state index in [4.69, 9.17) is 0 Å². The minimum Gasteiger partial charge on any atom is -0.368 e. The molecule has 0 atom stereocenters. The van der Waals surface area contributed by atoms with Crippen molar-refractivity contribution in [3.05, 3.63) is 46.3 Å². The van der Waals surface area contributed by atoms with E-state index in [1.165, 1.54) is 16.8 Å². The van der Waals surface area contributed by atoms with Gasteiger partial charge in [-0.15, -0.1) is 0 Å². The van der Waals surface area contributed by atoms with Gasteiger partial charge in [-0.25, -0.2) is 0 Å². The van der Waals surface area contributed by atoms with E-state index in [0.717, 1.165) is 56.9 Å². The average Bonchev–Trinajstić information content (AvgIpc) is 3.08. The van der Waals surface area contributed by atoms with Crippen LogP contribution in [0, 0.1) is 13.8 Å². The molecular weight excluding hydrogens is 314 g/mol. The summed E-state index contributed by atoms with van der Waals surface area (Å²) < 4.78 is 0. The third-order valence-electron chi connectivity index (χ3n) is 5.49. The number of nitrogens with zero attached hydrogens (tertiary/aromatic N) is 3. The van der Waals surface area contributed by atoms with Gasteiger partial charge < -0.3 is 15.1 Å². The summed E-state index contributed by atoms with van der Waals surface area (Å²) >= 11 is 0. The Morgan fingerprint density at radius 3 is 2.76 bits per heavy atom. The monoisotopic (exact) mass is 339 g/mol. The van der Waals surface area contributed by atoms with Crippen LogP contribution < -0.4 is 10.2 Å². The fourth-order valence-electron chi connectivity index (χ4n) is 3.78. The Balaban J connectivity index is 1.46. The summed E-state index contributed by atoms with van der Waals surface area (Å²) in [4.78, 5) is 17.2. The van der Waals surface area contributed by atoms with E-state index in [1.807, 2.05) is 4.90 Å². The number of fused-ring (bicyclic) bond motifs is 1. The van der Waals surface area contributed by atoms with Crippen LogP contribution in [0.4, 0.5) is 5.69 Å². The van der Waals surface area contributed by atoms with Crippen LogP contribution >= 0.6 is 0 Å². The van der Waals surface area contributed by atoms with Crippen LogP contribution in [0.3, 0.4) is 0 Å². The fraction of sp³-hybridized carbons (Fsp3) is 0.474. The zero-order valence-electron chi connectivity index (χ0n) is 14.9. The van der Waals surface area contributed by atoms with E-state index in [2.05, 4.69) is 52.5 Å². The standard InChI is InChI=1S/C19H25N5O/c1-13-4-3-5-17(14(13)2)23-8-10-24(11-9-23)19(25)18-15-12-20-7-6-16(15)21-22-18/h3-5,20H,6-12H2,1-2H3,(H,21,22). The van der Waals surface area contributed by atoms with Gasteiger partial charge in [0.25, 0.3) is 5.91 Å². The quantitative estimate of drug-likeness (QED) is 0.873. The molecule has 1 saturated heterocycles.